The number of nitrogens with two attached hydrogens (primary N) is 1. The van der Waals surface area contributed by atoms with Gasteiger partial charge in [0.15, 0.2) is 5.84 Å². The molecule has 0 bridgehead atoms. The van der Waals surface area contributed by atoms with E-state index in [9.17, 15) is 9.59 Å². The summed E-state index contributed by atoms with van der Waals surface area (Å²) in [4.78, 5) is 33.7. The molecule has 154 valence electrons. The van der Waals surface area contributed by atoms with E-state index >= 15 is 0 Å². The quantitative estimate of drug-likeness (QED) is 0.591. The van der Waals surface area contributed by atoms with Gasteiger partial charge in [-0.1, -0.05) is 6.07 Å². The van der Waals surface area contributed by atoms with E-state index in [-0.39, 0.29) is 17.8 Å². The Balaban J connectivity index is 1.80. The molecule has 29 heavy (non-hydrogen) atoms. The summed E-state index contributed by atoms with van der Waals surface area (Å²) < 4.78 is 5.36. The number of likely N-dealkylation sites (tertiary alicyclic amines) is 1. The van der Waals surface area contributed by atoms with Crippen molar-refractivity contribution in [2.45, 2.75) is 32.8 Å². The van der Waals surface area contributed by atoms with Gasteiger partial charge in [-0.3, -0.25) is 4.79 Å². The number of carbonyl (C=O) groups is 2. The molecule has 1 saturated heterocycles. The number of nitrogens with zero attached hydrogens (tertiary/aromatic N) is 4. The van der Waals surface area contributed by atoms with Gasteiger partial charge >= 0.3 is 6.09 Å². The van der Waals surface area contributed by atoms with Gasteiger partial charge in [0.1, 0.15) is 11.9 Å². The molecular formula is C20H26N6O3. The first-order valence-electron chi connectivity index (χ1n) is 9.30. The highest BCUT2D eigenvalue weighted by Gasteiger charge is 2.29. The van der Waals surface area contributed by atoms with E-state index in [4.69, 9.17) is 15.7 Å². The Morgan fingerprint density at radius 1 is 1.45 bits per heavy atom. The molecular weight excluding hydrogens is 372 g/mol. The van der Waals surface area contributed by atoms with Gasteiger partial charge in [-0.25, -0.2) is 14.8 Å². The Bertz CT molecular complexity index is 851. The summed E-state index contributed by atoms with van der Waals surface area (Å²) in [6, 6.07) is 8.69. The van der Waals surface area contributed by atoms with Crippen LogP contribution in [0, 0.1) is 17.2 Å². The Morgan fingerprint density at radius 3 is 2.90 bits per heavy atom. The van der Waals surface area contributed by atoms with Crippen LogP contribution in [0.1, 0.15) is 32.8 Å². The third-order valence-corrected chi connectivity index (χ3v) is 4.10. The van der Waals surface area contributed by atoms with Crippen LogP contribution in [-0.2, 0) is 9.53 Å². The fraction of sp³-hybridized carbons (Fsp3) is 0.450. The second-order valence-electron chi connectivity index (χ2n) is 7.71. The Labute approximate surface area is 170 Å². The third kappa shape index (κ3) is 7.25. The van der Waals surface area contributed by atoms with Crippen molar-refractivity contribution in [1.29, 1.82) is 5.26 Å². The number of benzene rings is 1. The molecule has 0 aliphatic carbocycles. The van der Waals surface area contributed by atoms with Crippen molar-refractivity contribution in [1.82, 2.24) is 10.2 Å². The predicted octanol–water partition coefficient (Wildman–Crippen LogP) is 1.95. The lowest BCUT2D eigenvalue weighted by Crippen LogP contribution is -2.40. The average molecular weight is 398 g/mol. The van der Waals surface area contributed by atoms with Crippen LogP contribution < -0.4 is 11.1 Å². The van der Waals surface area contributed by atoms with Crippen molar-refractivity contribution in [3.05, 3.63) is 29.8 Å². The van der Waals surface area contributed by atoms with Gasteiger partial charge in [-0.05, 0) is 51.3 Å². The molecule has 1 atom stereocenters. The van der Waals surface area contributed by atoms with Crippen LogP contribution in [0.15, 0.2) is 34.3 Å². The summed E-state index contributed by atoms with van der Waals surface area (Å²) in [5.74, 6) is -0.591. The lowest BCUT2D eigenvalue weighted by atomic mass is 10.1. The Morgan fingerprint density at radius 2 is 2.21 bits per heavy atom. The monoisotopic (exact) mass is 398 g/mol. The van der Waals surface area contributed by atoms with E-state index in [1.54, 1.807) is 29.2 Å². The van der Waals surface area contributed by atoms with Crippen LogP contribution in [0.2, 0.25) is 0 Å². The van der Waals surface area contributed by atoms with Gasteiger partial charge in [0, 0.05) is 19.6 Å². The Kier molecular flexibility index (Phi) is 7.31. The number of ether oxygens (including phenoxy) is 1. The molecule has 9 nitrogen and oxygen atoms in total. The first-order valence-corrected chi connectivity index (χ1v) is 9.30. The van der Waals surface area contributed by atoms with E-state index in [0.717, 1.165) is 6.42 Å². The van der Waals surface area contributed by atoms with Crippen LogP contribution >= 0.6 is 0 Å². The summed E-state index contributed by atoms with van der Waals surface area (Å²) >= 11 is 0. The van der Waals surface area contributed by atoms with Gasteiger partial charge < -0.3 is 20.7 Å². The number of hydrogen-bond acceptors (Lipinski definition) is 5. The molecule has 0 saturated carbocycles. The average Bonchev–Trinajstić information content (AvgIpc) is 3.14. The zero-order valence-corrected chi connectivity index (χ0v) is 16.9. The third-order valence-electron chi connectivity index (χ3n) is 4.10. The second-order valence-corrected chi connectivity index (χ2v) is 7.71. The van der Waals surface area contributed by atoms with Crippen molar-refractivity contribution in [3.8, 4) is 6.07 Å². The first kappa shape index (κ1) is 21.9. The van der Waals surface area contributed by atoms with Gasteiger partial charge in [-0.2, -0.15) is 5.26 Å². The van der Waals surface area contributed by atoms with Crippen LogP contribution in [0.3, 0.4) is 0 Å². The molecule has 2 rings (SSSR count). The van der Waals surface area contributed by atoms with E-state index < -0.39 is 11.5 Å². The van der Waals surface area contributed by atoms with Crippen molar-refractivity contribution < 1.29 is 14.3 Å². The summed E-state index contributed by atoms with van der Waals surface area (Å²) in [6.45, 7) is 6.96. The highest BCUT2D eigenvalue weighted by atomic mass is 16.6. The second kappa shape index (κ2) is 9.68. The van der Waals surface area contributed by atoms with E-state index in [1.165, 1.54) is 6.34 Å². The molecule has 1 aromatic carbocycles. The van der Waals surface area contributed by atoms with Crippen LogP contribution in [0.4, 0.5) is 10.5 Å². The van der Waals surface area contributed by atoms with Gasteiger partial charge in [-0.15, -0.1) is 0 Å². The molecule has 1 aliphatic heterocycles. The standard InChI is InChI=1S/C20H26N6O3/c1-20(2,3)29-19(28)26-8-7-15(12-26)11-23-18(27)17(22)25-13-24-16-6-4-5-14(9-16)10-21/h4-6,9,13,15H,7-8,11-12H2,1-3H3,(H,23,27)(H2,22,24,25)/t15-/m1/s1. The molecule has 3 N–H and O–H groups in total. The smallest absolute Gasteiger partial charge is 0.410 e. The van der Waals surface area contributed by atoms with Crippen molar-refractivity contribution in [2.24, 2.45) is 21.6 Å². The van der Waals surface area contributed by atoms with Gasteiger partial charge in [0.2, 0.25) is 0 Å². The molecule has 2 amide bonds. The van der Waals surface area contributed by atoms with Gasteiger partial charge in [0.25, 0.3) is 5.91 Å². The minimum absolute atomic E-state index is 0.127. The summed E-state index contributed by atoms with van der Waals surface area (Å²) in [5, 5.41) is 11.6. The SMILES string of the molecule is CC(C)(C)OC(=O)N1CC[C@H](CNC(=O)C(N)=NC=Nc2cccc(C#N)c2)C1. The topological polar surface area (TPSA) is 133 Å². The summed E-state index contributed by atoms with van der Waals surface area (Å²) in [5.41, 5.74) is 6.16. The first-order chi connectivity index (χ1) is 13.7. The van der Waals surface area contributed by atoms with Crippen molar-refractivity contribution in [3.63, 3.8) is 0 Å². The number of amides is 2. The zero-order chi connectivity index (χ0) is 21.4. The number of carbonyl (C=O) groups excluding carboxylic acids is 2. The fourth-order valence-corrected chi connectivity index (χ4v) is 2.69. The molecule has 1 fully saturated rings. The van der Waals surface area contributed by atoms with E-state index in [2.05, 4.69) is 15.3 Å². The Hall–Kier alpha value is -3.41. The highest BCUT2D eigenvalue weighted by Crippen LogP contribution is 2.19. The molecule has 1 aliphatic rings. The number of nitrogens with one attached hydrogen (secondary N) is 1. The van der Waals surface area contributed by atoms with Crippen LogP contribution in [0.5, 0.6) is 0 Å². The fourth-order valence-electron chi connectivity index (χ4n) is 2.69. The van der Waals surface area contributed by atoms with Gasteiger partial charge in [0.05, 0.1) is 17.3 Å². The number of aliphatic imine (C=N–C) groups is 2. The summed E-state index contributed by atoms with van der Waals surface area (Å²) in [7, 11) is 0. The van der Waals surface area contributed by atoms with E-state index in [1.807, 2.05) is 26.8 Å². The van der Waals surface area contributed by atoms with E-state index in [0.29, 0.717) is 30.9 Å². The number of nitriles is 1. The van der Waals surface area contributed by atoms with Crippen LogP contribution in [0.25, 0.3) is 0 Å². The molecule has 0 aromatic heterocycles. The molecule has 0 radical (unpaired) electrons. The molecule has 1 heterocycles. The summed E-state index contributed by atoms with van der Waals surface area (Å²) in [6.07, 6.45) is 1.60. The molecule has 1 aromatic rings. The van der Waals surface area contributed by atoms with Crippen LogP contribution in [-0.4, -0.2) is 54.3 Å². The number of rotatable bonds is 4. The minimum atomic E-state index is -0.536. The maximum atomic E-state index is 12.1. The van der Waals surface area contributed by atoms with Crippen molar-refractivity contribution in [2.75, 3.05) is 19.6 Å². The normalized spacial score (nSPS) is 17.2. The minimum Gasteiger partial charge on any atom is -0.444 e. The predicted molar refractivity (Wildman–Crippen MR) is 110 cm³/mol. The zero-order valence-electron chi connectivity index (χ0n) is 16.9. The molecule has 9 heteroatoms. The number of hydrogen-bond donors (Lipinski definition) is 2. The lowest BCUT2D eigenvalue weighted by Gasteiger charge is -2.24. The highest BCUT2D eigenvalue weighted by molar-refractivity contribution is 6.38. The lowest BCUT2D eigenvalue weighted by molar-refractivity contribution is -0.115. The molecule has 0 unspecified atom stereocenters. The largest absolute Gasteiger partial charge is 0.444 e. The maximum Gasteiger partial charge on any atom is 0.410 e. The maximum absolute atomic E-state index is 12.1. The van der Waals surface area contributed by atoms with Crippen molar-refractivity contribution >= 4 is 29.9 Å². The number of amidine groups is 1. The molecule has 0 spiro atoms.